The summed E-state index contributed by atoms with van der Waals surface area (Å²) >= 11 is 0. The Morgan fingerprint density at radius 3 is 2.52 bits per heavy atom. The summed E-state index contributed by atoms with van der Waals surface area (Å²) in [6, 6.07) is 21.0. The lowest BCUT2D eigenvalue weighted by molar-refractivity contribution is 0.289. The fourth-order valence-electron chi connectivity index (χ4n) is 3.68. The zero-order valence-electron chi connectivity index (χ0n) is 15.9. The summed E-state index contributed by atoms with van der Waals surface area (Å²) < 4.78 is 17.1. The molecule has 144 valence electrons. The fourth-order valence-corrected chi connectivity index (χ4v) is 3.68. The van der Waals surface area contributed by atoms with Crippen molar-refractivity contribution in [2.24, 2.45) is 0 Å². The largest absolute Gasteiger partial charge is 0.497 e. The monoisotopic (exact) mass is 385 g/mol. The van der Waals surface area contributed by atoms with E-state index in [1.54, 1.807) is 19.4 Å². The van der Waals surface area contributed by atoms with Crippen molar-refractivity contribution in [2.75, 3.05) is 18.7 Å². The molecule has 0 N–H and O–H groups in total. The zero-order chi connectivity index (χ0) is 19.8. The maximum Gasteiger partial charge on any atom is 0.200 e. The molecule has 0 aliphatic carbocycles. The van der Waals surface area contributed by atoms with E-state index in [1.807, 2.05) is 60.7 Å². The number of anilines is 1. The third kappa shape index (κ3) is 3.01. The van der Waals surface area contributed by atoms with Crippen molar-refractivity contribution in [3.63, 3.8) is 0 Å². The van der Waals surface area contributed by atoms with Crippen LogP contribution in [0.15, 0.2) is 82.2 Å². The van der Waals surface area contributed by atoms with E-state index in [0.717, 1.165) is 28.3 Å². The summed E-state index contributed by atoms with van der Waals surface area (Å²) in [5.74, 6) is 1.55. The number of hydrogen-bond donors (Lipinski definition) is 0. The Kier molecular flexibility index (Phi) is 4.21. The lowest BCUT2D eigenvalue weighted by atomic mass is 10.0. The Hall–Kier alpha value is -3.73. The molecule has 5 rings (SSSR count). The van der Waals surface area contributed by atoms with Crippen LogP contribution in [0, 0.1) is 0 Å². The summed E-state index contributed by atoms with van der Waals surface area (Å²) in [6.45, 7) is 1.02. The van der Waals surface area contributed by atoms with Gasteiger partial charge in [0.2, 0.25) is 5.43 Å². The first kappa shape index (κ1) is 17.4. The molecule has 4 aromatic rings. The van der Waals surface area contributed by atoms with Gasteiger partial charge in [-0.15, -0.1) is 0 Å². The van der Waals surface area contributed by atoms with Crippen molar-refractivity contribution in [1.29, 1.82) is 0 Å². The second-order valence-electron chi connectivity index (χ2n) is 6.93. The van der Waals surface area contributed by atoms with Crippen molar-refractivity contribution in [1.82, 2.24) is 0 Å². The number of rotatable bonds is 3. The van der Waals surface area contributed by atoms with Gasteiger partial charge in [-0.2, -0.15) is 0 Å². The van der Waals surface area contributed by atoms with Crippen molar-refractivity contribution in [2.45, 2.75) is 6.54 Å². The number of benzene rings is 3. The quantitative estimate of drug-likeness (QED) is 0.506. The van der Waals surface area contributed by atoms with Crippen LogP contribution in [0.3, 0.4) is 0 Å². The first-order valence-electron chi connectivity index (χ1n) is 9.39. The molecule has 0 bridgehead atoms. The van der Waals surface area contributed by atoms with Gasteiger partial charge in [-0.1, -0.05) is 30.3 Å². The van der Waals surface area contributed by atoms with Gasteiger partial charge in [-0.3, -0.25) is 4.79 Å². The van der Waals surface area contributed by atoms with Crippen LogP contribution in [-0.4, -0.2) is 13.8 Å². The van der Waals surface area contributed by atoms with Gasteiger partial charge >= 0.3 is 0 Å². The van der Waals surface area contributed by atoms with Gasteiger partial charge in [-0.05, 0) is 42.0 Å². The number of hydrogen-bond acceptors (Lipinski definition) is 5. The molecule has 0 saturated heterocycles. The minimum absolute atomic E-state index is 0.0400. The molecule has 0 saturated carbocycles. The van der Waals surface area contributed by atoms with Crippen LogP contribution in [-0.2, 0) is 6.54 Å². The molecule has 0 radical (unpaired) electrons. The normalized spacial score (nSPS) is 13.1. The molecule has 3 aromatic carbocycles. The summed E-state index contributed by atoms with van der Waals surface area (Å²) in [4.78, 5) is 15.2. The van der Waals surface area contributed by atoms with Crippen molar-refractivity contribution >= 4 is 16.7 Å². The molecule has 0 fully saturated rings. The smallest absolute Gasteiger partial charge is 0.200 e. The highest BCUT2D eigenvalue weighted by Crippen LogP contribution is 2.34. The average Bonchev–Trinajstić information content (AvgIpc) is 2.79. The van der Waals surface area contributed by atoms with E-state index in [0.29, 0.717) is 29.8 Å². The van der Waals surface area contributed by atoms with Gasteiger partial charge in [-0.25, -0.2) is 0 Å². The average molecular weight is 385 g/mol. The molecule has 5 heteroatoms. The fraction of sp³-hybridized carbons (Fsp3) is 0.125. The van der Waals surface area contributed by atoms with Gasteiger partial charge in [0, 0.05) is 5.69 Å². The Labute approximate surface area is 167 Å². The molecule has 0 spiro atoms. The summed E-state index contributed by atoms with van der Waals surface area (Å²) in [5.41, 5.74) is 3.82. The first-order valence-corrected chi connectivity index (χ1v) is 9.39. The second-order valence-corrected chi connectivity index (χ2v) is 6.93. The minimum Gasteiger partial charge on any atom is -0.497 e. The maximum atomic E-state index is 13.1. The number of nitrogens with zero attached hydrogens (tertiary/aromatic N) is 1. The predicted molar refractivity (Wildman–Crippen MR) is 113 cm³/mol. The van der Waals surface area contributed by atoms with Crippen LogP contribution >= 0.6 is 0 Å². The summed E-state index contributed by atoms with van der Waals surface area (Å²) in [7, 11) is 1.65. The molecule has 5 nitrogen and oxygen atoms in total. The van der Waals surface area contributed by atoms with E-state index in [9.17, 15) is 4.79 Å². The molecule has 1 aliphatic rings. The lowest BCUT2D eigenvalue weighted by Crippen LogP contribution is -2.32. The van der Waals surface area contributed by atoms with Gasteiger partial charge < -0.3 is 18.8 Å². The van der Waals surface area contributed by atoms with Crippen LogP contribution in [0.4, 0.5) is 5.69 Å². The Morgan fingerprint density at radius 1 is 0.966 bits per heavy atom. The summed E-state index contributed by atoms with van der Waals surface area (Å²) in [6.07, 6.45) is 1.55. The lowest BCUT2D eigenvalue weighted by Gasteiger charge is -2.31. The molecule has 0 amide bonds. The van der Waals surface area contributed by atoms with E-state index in [2.05, 4.69) is 4.90 Å². The molecule has 2 heterocycles. The number of methoxy groups -OCH3 is 1. The number of fused-ring (bicyclic) bond motifs is 3. The molecule has 0 unspecified atom stereocenters. The van der Waals surface area contributed by atoms with Gasteiger partial charge in [0.1, 0.15) is 23.3 Å². The topological polar surface area (TPSA) is 51.9 Å². The van der Waals surface area contributed by atoms with E-state index in [-0.39, 0.29) is 5.43 Å². The molecule has 0 atom stereocenters. The van der Waals surface area contributed by atoms with Crippen LogP contribution in [0.1, 0.15) is 5.56 Å². The third-order valence-corrected chi connectivity index (χ3v) is 5.25. The minimum atomic E-state index is -0.0400. The third-order valence-electron chi connectivity index (χ3n) is 5.25. The molecule has 1 aromatic heterocycles. The van der Waals surface area contributed by atoms with Gasteiger partial charge in [0.05, 0.1) is 30.2 Å². The van der Waals surface area contributed by atoms with Crippen molar-refractivity contribution < 1.29 is 13.9 Å². The molecule has 29 heavy (non-hydrogen) atoms. The molecular formula is C24H19NO4. The van der Waals surface area contributed by atoms with Gasteiger partial charge in [0.25, 0.3) is 0 Å². The Morgan fingerprint density at radius 2 is 1.76 bits per heavy atom. The Bertz CT molecular complexity index is 1230. The van der Waals surface area contributed by atoms with Crippen LogP contribution in [0.5, 0.6) is 11.5 Å². The van der Waals surface area contributed by atoms with E-state index >= 15 is 0 Å². The van der Waals surface area contributed by atoms with E-state index in [1.165, 1.54) is 0 Å². The summed E-state index contributed by atoms with van der Waals surface area (Å²) in [5, 5.41) is 0.560. The van der Waals surface area contributed by atoms with Crippen LogP contribution in [0.2, 0.25) is 0 Å². The molecular weight excluding hydrogens is 366 g/mol. The van der Waals surface area contributed by atoms with E-state index < -0.39 is 0 Å². The highest BCUT2D eigenvalue weighted by molar-refractivity contribution is 5.86. The second kappa shape index (κ2) is 7.02. The highest BCUT2D eigenvalue weighted by Gasteiger charge is 2.23. The maximum absolute atomic E-state index is 13.1. The zero-order valence-corrected chi connectivity index (χ0v) is 15.9. The Balaban J connectivity index is 1.57. The van der Waals surface area contributed by atoms with Crippen LogP contribution in [0.25, 0.3) is 22.1 Å². The standard InChI is InChI=1S/C24H19NO4/c1-27-18-9-7-17(8-10-18)25-13-20-22(29-15-25)12-11-19-23(26)21(14-28-24(19)20)16-5-3-2-4-6-16/h2-12,14H,13,15H2,1H3. The first-order chi connectivity index (χ1) is 14.2. The van der Waals surface area contributed by atoms with Gasteiger partial charge in [0.15, 0.2) is 6.73 Å². The SMILES string of the molecule is COc1ccc(N2COc3ccc4c(=O)c(-c5ccccc5)coc4c3C2)cc1. The predicted octanol–water partition coefficient (Wildman–Crippen LogP) is 4.83. The van der Waals surface area contributed by atoms with E-state index in [4.69, 9.17) is 13.9 Å². The number of ether oxygens (including phenoxy) is 2. The van der Waals surface area contributed by atoms with Crippen molar-refractivity contribution in [3.8, 4) is 22.6 Å². The molecule has 1 aliphatic heterocycles. The highest BCUT2D eigenvalue weighted by atomic mass is 16.5. The van der Waals surface area contributed by atoms with Crippen molar-refractivity contribution in [3.05, 3.63) is 88.8 Å². The van der Waals surface area contributed by atoms with Crippen LogP contribution < -0.4 is 19.8 Å².